The number of nitrogens with one attached hydrogen (secondary N) is 1. The second kappa shape index (κ2) is 4.08. The zero-order chi connectivity index (χ0) is 12.6. The number of aromatic nitrogens is 1. The molecule has 0 radical (unpaired) electrons. The van der Waals surface area contributed by atoms with Crippen LogP contribution in [0, 0.1) is 0 Å². The van der Waals surface area contributed by atoms with E-state index < -0.39 is 0 Å². The molecule has 1 N–H and O–H groups in total. The van der Waals surface area contributed by atoms with Gasteiger partial charge < -0.3 is 9.73 Å². The first-order valence-corrected chi connectivity index (χ1v) is 5.41. The molecule has 2 aromatic rings. The van der Waals surface area contributed by atoms with E-state index in [4.69, 9.17) is 4.42 Å². The third kappa shape index (κ3) is 2.08. The van der Waals surface area contributed by atoms with Gasteiger partial charge in [-0.3, -0.25) is 9.36 Å². The van der Waals surface area contributed by atoms with Crippen molar-refractivity contribution in [2.24, 2.45) is 0 Å². The second-order valence-corrected chi connectivity index (χ2v) is 4.20. The number of carbonyl (C=O) groups excluding carboxylic acids is 1. The molecule has 1 aromatic carbocycles. The number of hydrogen-bond acceptors (Lipinski definition) is 3. The van der Waals surface area contributed by atoms with Crippen LogP contribution in [0.1, 0.15) is 26.8 Å². The minimum Gasteiger partial charge on any atom is -0.408 e. The zero-order valence-corrected chi connectivity index (χ0v) is 9.98. The Morgan fingerprint density at radius 2 is 2.12 bits per heavy atom. The smallest absolute Gasteiger partial charge is 0.408 e. The molecule has 90 valence electrons. The predicted molar refractivity (Wildman–Crippen MR) is 65.2 cm³/mol. The van der Waals surface area contributed by atoms with Crippen LogP contribution in [0.2, 0.25) is 0 Å². The van der Waals surface area contributed by atoms with Gasteiger partial charge in [0, 0.05) is 24.7 Å². The predicted octanol–water partition coefficient (Wildman–Crippen LogP) is 2.13. The summed E-state index contributed by atoms with van der Waals surface area (Å²) in [6, 6.07) is 5.20. The molecule has 17 heavy (non-hydrogen) atoms. The van der Waals surface area contributed by atoms with Gasteiger partial charge in [0.15, 0.2) is 5.58 Å². The van der Waals surface area contributed by atoms with E-state index in [1.807, 2.05) is 13.8 Å². The van der Waals surface area contributed by atoms with Gasteiger partial charge in [-0.25, -0.2) is 4.79 Å². The number of hydrogen-bond donors (Lipinski definition) is 1. The number of amides is 1. The summed E-state index contributed by atoms with van der Waals surface area (Å²) >= 11 is 0. The van der Waals surface area contributed by atoms with Crippen LogP contribution in [0.5, 0.6) is 0 Å². The van der Waals surface area contributed by atoms with Crippen molar-refractivity contribution in [2.75, 3.05) is 5.32 Å². The van der Waals surface area contributed by atoms with E-state index in [0.717, 1.165) is 5.52 Å². The third-order valence-corrected chi connectivity index (χ3v) is 2.45. The summed E-state index contributed by atoms with van der Waals surface area (Å²) in [6.07, 6.45) is 0. The van der Waals surface area contributed by atoms with Crippen molar-refractivity contribution in [1.29, 1.82) is 0 Å². The number of anilines is 1. The molecular formula is C12H14N2O3. The quantitative estimate of drug-likeness (QED) is 0.865. The fourth-order valence-electron chi connectivity index (χ4n) is 1.81. The fraction of sp³-hybridized carbons (Fsp3) is 0.333. The first kappa shape index (κ1) is 11.4. The summed E-state index contributed by atoms with van der Waals surface area (Å²) in [5.41, 5.74) is 1.84. The number of benzene rings is 1. The third-order valence-electron chi connectivity index (χ3n) is 2.45. The first-order valence-electron chi connectivity index (χ1n) is 5.41. The van der Waals surface area contributed by atoms with E-state index in [1.165, 1.54) is 6.92 Å². The Kier molecular flexibility index (Phi) is 2.75. The van der Waals surface area contributed by atoms with Crippen LogP contribution in [-0.4, -0.2) is 10.5 Å². The van der Waals surface area contributed by atoms with Gasteiger partial charge in [-0.1, -0.05) is 0 Å². The summed E-state index contributed by atoms with van der Waals surface area (Å²) in [5, 5.41) is 2.64. The molecule has 1 aromatic heterocycles. The lowest BCUT2D eigenvalue weighted by molar-refractivity contribution is -0.114. The molecule has 0 atom stereocenters. The van der Waals surface area contributed by atoms with Crippen molar-refractivity contribution in [1.82, 2.24) is 4.57 Å². The molecule has 0 unspecified atom stereocenters. The van der Waals surface area contributed by atoms with E-state index in [9.17, 15) is 9.59 Å². The Labute approximate surface area is 98.0 Å². The van der Waals surface area contributed by atoms with Gasteiger partial charge in [-0.15, -0.1) is 0 Å². The highest BCUT2D eigenvalue weighted by molar-refractivity contribution is 5.91. The molecule has 0 spiro atoms. The normalized spacial score (nSPS) is 11.1. The minimum absolute atomic E-state index is 0.0374. The number of carbonyl (C=O) groups is 1. The molecule has 0 fully saturated rings. The van der Waals surface area contributed by atoms with Crippen molar-refractivity contribution in [2.45, 2.75) is 26.8 Å². The molecule has 5 nitrogen and oxygen atoms in total. The lowest BCUT2D eigenvalue weighted by Gasteiger charge is -2.05. The highest BCUT2D eigenvalue weighted by Crippen LogP contribution is 2.20. The van der Waals surface area contributed by atoms with E-state index in [-0.39, 0.29) is 17.7 Å². The van der Waals surface area contributed by atoms with Crippen molar-refractivity contribution in [3.05, 3.63) is 28.7 Å². The highest BCUT2D eigenvalue weighted by atomic mass is 16.4. The summed E-state index contributed by atoms with van der Waals surface area (Å²) in [6.45, 7) is 5.26. The summed E-state index contributed by atoms with van der Waals surface area (Å²) in [7, 11) is 0. The molecule has 0 bridgehead atoms. The lowest BCUT2D eigenvalue weighted by atomic mass is 10.2. The van der Waals surface area contributed by atoms with E-state index in [0.29, 0.717) is 11.3 Å². The Morgan fingerprint density at radius 3 is 2.71 bits per heavy atom. The summed E-state index contributed by atoms with van der Waals surface area (Å²) < 4.78 is 6.71. The molecule has 0 saturated heterocycles. The van der Waals surface area contributed by atoms with E-state index in [1.54, 1.807) is 22.8 Å². The van der Waals surface area contributed by atoms with Gasteiger partial charge in [-0.05, 0) is 26.0 Å². The maximum Gasteiger partial charge on any atom is 0.420 e. The van der Waals surface area contributed by atoms with Crippen LogP contribution in [0.15, 0.2) is 27.4 Å². The monoisotopic (exact) mass is 234 g/mol. The van der Waals surface area contributed by atoms with Gasteiger partial charge in [0.2, 0.25) is 5.91 Å². The average Bonchev–Trinajstić information content (AvgIpc) is 2.51. The molecule has 0 saturated carbocycles. The van der Waals surface area contributed by atoms with Crippen LogP contribution >= 0.6 is 0 Å². The summed E-state index contributed by atoms with van der Waals surface area (Å²) in [5.74, 6) is -0.537. The Balaban J connectivity index is 2.57. The first-order chi connectivity index (χ1) is 7.99. The standard InChI is InChI=1S/C12H14N2O3/c1-7(2)14-10-5-4-9(13-8(3)15)6-11(10)17-12(14)16/h4-7H,1-3H3,(H,13,15). The van der Waals surface area contributed by atoms with Gasteiger partial charge in [0.1, 0.15) is 0 Å². The molecule has 5 heteroatoms. The van der Waals surface area contributed by atoms with Crippen molar-refractivity contribution >= 4 is 22.7 Å². The SMILES string of the molecule is CC(=O)Nc1ccc2c(c1)oc(=O)n2C(C)C. The zero-order valence-electron chi connectivity index (χ0n) is 9.98. The lowest BCUT2D eigenvalue weighted by Crippen LogP contribution is -2.15. The maximum absolute atomic E-state index is 11.6. The molecule has 0 aliphatic heterocycles. The molecule has 2 rings (SSSR count). The van der Waals surface area contributed by atoms with Crippen LogP contribution in [-0.2, 0) is 4.79 Å². The van der Waals surface area contributed by atoms with Gasteiger partial charge in [0.25, 0.3) is 0 Å². The fourth-order valence-corrected chi connectivity index (χ4v) is 1.81. The Morgan fingerprint density at radius 1 is 1.41 bits per heavy atom. The minimum atomic E-state index is -0.380. The van der Waals surface area contributed by atoms with Gasteiger partial charge >= 0.3 is 5.76 Å². The largest absolute Gasteiger partial charge is 0.420 e. The second-order valence-electron chi connectivity index (χ2n) is 4.20. The van der Waals surface area contributed by atoms with Crippen molar-refractivity contribution in [3.8, 4) is 0 Å². The van der Waals surface area contributed by atoms with Crippen LogP contribution in [0.25, 0.3) is 11.1 Å². The number of oxazole rings is 1. The summed E-state index contributed by atoms with van der Waals surface area (Å²) in [4.78, 5) is 22.5. The van der Waals surface area contributed by atoms with E-state index in [2.05, 4.69) is 5.32 Å². The Bertz CT molecular complexity index is 622. The number of fused-ring (bicyclic) bond motifs is 1. The molecule has 1 heterocycles. The topological polar surface area (TPSA) is 64.2 Å². The molecule has 0 aliphatic rings. The van der Waals surface area contributed by atoms with Crippen LogP contribution in [0.4, 0.5) is 5.69 Å². The highest BCUT2D eigenvalue weighted by Gasteiger charge is 2.12. The molecule has 1 amide bonds. The average molecular weight is 234 g/mol. The maximum atomic E-state index is 11.6. The number of rotatable bonds is 2. The molecular weight excluding hydrogens is 220 g/mol. The van der Waals surface area contributed by atoms with E-state index >= 15 is 0 Å². The van der Waals surface area contributed by atoms with Crippen LogP contribution in [0.3, 0.4) is 0 Å². The number of nitrogens with zero attached hydrogens (tertiary/aromatic N) is 1. The van der Waals surface area contributed by atoms with Crippen LogP contribution < -0.4 is 11.1 Å². The van der Waals surface area contributed by atoms with Gasteiger partial charge in [0.05, 0.1) is 5.52 Å². The van der Waals surface area contributed by atoms with Crippen molar-refractivity contribution < 1.29 is 9.21 Å². The van der Waals surface area contributed by atoms with Gasteiger partial charge in [-0.2, -0.15) is 0 Å². The molecule has 0 aliphatic carbocycles. The van der Waals surface area contributed by atoms with Crippen molar-refractivity contribution in [3.63, 3.8) is 0 Å². The Hall–Kier alpha value is -2.04.